The Balaban J connectivity index is 1.67. The highest BCUT2D eigenvalue weighted by molar-refractivity contribution is 5.92. The van der Waals surface area contributed by atoms with Crippen molar-refractivity contribution in [1.82, 2.24) is 25.1 Å². The Morgan fingerprint density at radius 3 is 3.11 bits per heavy atom. The van der Waals surface area contributed by atoms with Crippen molar-refractivity contribution in [2.75, 3.05) is 0 Å². The summed E-state index contributed by atoms with van der Waals surface area (Å²) in [4.78, 5) is 15.9. The van der Waals surface area contributed by atoms with E-state index >= 15 is 0 Å². The summed E-state index contributed by atoms with van der Waals surface area (Å²) in [5.74, 6) is 1.65. The van der Waals surface area contributed by atoms with Gasteiger partial charge >= 0.3 is 0 Å². The van der Waals surface area contributed by atoms with Crippen LogP contribution in [0.25, 0.3) is 0 Å². The Morgan fingerprint density at radius 1 is 1.32 bits per heavy atom. The molecular formula is C13H15N5O. The average molecular weight is 257 g/mol. The largest absolute Gasteiger partial charge is 0.343 e. The molecule has 0 aliphatic carbocycles. The lowest BCUT2D eigenvalue weighted by molar-refractivity contribution is 0.0944. The molecule has 1 N–H and O–H groups in total. The number of fused-ring (bicyclic) bond motifs is 1. The Labute approximate surface area is 110 Å². The predicted octanol–water partition coefficient (Wildman–Crippen LogP) is 0.939. The molecule has 0 aromatic carbocycles. The van der Waals surface area contributed by atoms with Gasteiger partial charge in [-0.3, -0.25) is 9.78 Å². The molecule has 1 aliphatic rings. The molecule has 0 spiro atoms. The zero-order valence-electron chi connectivity index (χ0n) is 10.5. The van der Waals surface area contributed by atoms with Crippen LogP contribution < -0.4 is 5.32 Å². The highest BCUT2D eigenvalue weighted by Crippen LogP contribution is 2.13. The van der Waals surface area contributed by atoms with E-state index in [1.54, 1.807) is 24.4 Å². The van der Waals surface area contributed by atoms with E-state index in [1.165, 1.54) is 6.42 Å². The van der Waals surface area contributed by atoms with Gasteiger partial charge < -0.3 is 9.88 Å². The molecule has 1 amide bonds. The van der Waals surface area contributed by atoms with Gasteiger partial charge in [0.1, 0.15) is 11.5 Å². The van der Waals surface area contributed by atoms with Crippen molar-refractivity contribution in [3.05, 3.63) is 41.7 Å². The highest BCUT2D eigenvalue weighted by atomic mass is 16.1. The topological polar surface area (TPSA) is 72.7 Å². The summed E-state index contributed by atoms with van der Waals surface area (Å²) < 4.78 is 2.10. The summed E-state index contributed by atoms with van der Waals surface area (Å²) in [6.07, 6.45) is 4.89. The summed E-state index contributed by atoms with van der Waals surface area (Å²) in [5.41, 5.74) is 0.417. The molecule has 6 heteroatoms. The van der Waals surface area contributed by atoms with Gasteiger partial charge in [0.25, 0.3) is 5.91 Å². The number of carbonyl (C=O) groups excluding carboxylic acids is 1. The molecule has 0 fully saturated rings. The van der Waals surface area contributed by atoms with E-state index in [0.717, 1.165) is 31.0 Å². The molecule has 6 nitrogen and oxygen atoms in total. The van der Waals surface area contributed by atoms with Crippen LogP contribution in [0, 0.1) is 0 Å². The Kier molecular flexibility index (Phi) is 3.22. The number of rotatable bonds is 3. The van der Waals surface area contributed by atoms with Gasteiger partial charge in [-0.25, -0.2) is 0 Å². The number of nitrogens with one attached hydrogen (secondary N) is 1. The minimum absolute atomic E-state index is 0.186. The van der Waals surface area contributed by atoms with E-state index < -0.39 is 0 Å². The van der Waals surface area contributed by atoms with E-state index in [2.05, 4.69) is 25.1 Å². The molecule has 2 aromatic rings. The summed E-state index contributed by atoms with van der Waals surface area (Å²) in [6.45, 7) is 1.33. The molecular weight excluding hydrogens is 242 g/mol. The number of nitrogens with zero attached hydrogens (tertiary/aromatic N) is 4. The number of hydrogen-bond acceptors (Lipinski definition) is 4. The van der Waals surface area contributed by atoms with E-state index in [9.17, 15) is 4.79 Å². The lowest BCUT2D eigenvalue weighted by atomic mass is 10.2. The summed E-state index contributed by atoms with van der Waals surface area (Å²) in [7, 11) is 0. The van der Waals surface area contributed by atoms with E-state index in [0.29, 0.717) is 12.2 Å². The van der Waals surface area contributed by atoms with E-state index in [4.69, 9.17) is 0 Å². The third-order valence-corrected chi connectivity index (χ3v) is 3.24. The van der Waals surface area contributed by atoms with Gasteiger partial charge in [-0.15, -0.1) is 10.2 Å². The molecule has 1 aliphatic heterocycles. The molecule has 19 heavy (non-hydrogen) atoms. The second-order valence-electron chi connectivity index (χ2n) is 4.54. The maximum Gasteiger partial charge on any atom is 0.270 e. The van der Waals surface area contributed by atoms with Crippen LogP contribution >= 0.6 is 0 Å². The number of carbonyl (C=O) groups is 1. The SMILES string of the molecule is O=C(NCc1nnc2n1CCCC2)c1ccccn1. The lowest BCUT2D eigenvalue weighted by Crippen LogP contribution is -2.26. The van der Waals surface area contributed by atoms with Crippen LogP contribution in [0.1, 0.15) is 35.0 Å². The minimum atomic E-state index is -0.186. The van der Waals surface area contributed by atoms with Gasteiger partial charge in [0.05, 0.1) is 6.54 Å². The Hall–Kier alpha value is -2.24. The average Bonchev–Trinajstić information content (AvgIpc) is 2.89. The Bertz CT molecular complexity index is 578. The van der Waals surface area contributed by atoms with Gasteiger partial charge in [-0.1, -0.05) is 6.07 Å². The summed E-state index contributed by atoms with van der Waals surface area (Å²) in [5, 5.41) is 11.1. The third kappa shape index (κ3) is 2.47. The van der Waals surface area contributed by atoms with Crippen LogP contribution in [0.3, 0.4) is 0 Å². The van der Waals surface area contributed by atoms with Crippen molar-refractivity contribution in [2.45, 2.75) is 32.4 Å². The highest BCUT2D eigenvalue weighted by Gasteiger charge is 2.16. The van der Waals surface area contributed by atoms with Crippen LogP contribution in [0.4, 0.5) is 0 Å². The molecule has 0 saturated heterocycles. The molecule has 98 valence electrons. The van der Waals surface area contributed by atoms with Gasteiger partial charge in [-0.05, 0) is 25.0 Å². The molecule has 2 aromatic heterocycles. The van der Waals surface area contributed by atoms with Crippen molar-refractivity contribution < 1.29 is 4.79 Å². The smallest absolute Gasteiger partial charge is 0.270 e. The molecule has 0 bridgehead atoms. The first kappa shape index (κ1) is 11.8. The van der Waals surface area contributed by atoms with Gasteiger partial charge in [0.15, 0.2) is 5.82 Å². The van der Waals surface area contributed by atoms with Crippen LogP contribution in [-0.2, 0) is 19.5 Å². The first-order chi connectivity index (χ1) is 9.34. The second-order valence-corrected chi connectivity index (χ2v) is 4.54. The monoisotopic (exact) mass is 257 g/mol. The number of hydrogen-bond donors (Lipinski definition) is 1. The van der Waals surface area contributed by atoms with Crippen molar-refractivity contribution in [2.24, 2.45) is 0 Å². The fraction of sp³-hybridized carbons (Fsp3) is 0.385. The maximum absolute atomic E-state index is 11.9. The van der Waals surface area contributed by atoms with Crippen molar-refractivity contribution in [3.63, 3.8) is 0 Å². The van der Waals surface area contributed by atoms with Crippen LogP contribution in [0.15, 0.2) is 24.4 Å². The predicted molar refractivity (Wildman–Crippen MR) is 68.4 cm³/mol. The fourth-order valence-corrected chi connectivity index (χ4v) is 2.25. The van der Waals surface area contributed by atoms with Gasteiger partial charge in [0, 0.05) is 19.2 Å². The van der Waals surface area contributed by atoms with E-state index in [1.807, 2.05) is 0 Å². The fourth-order valence-electron chi connectivity index (χ4n) is 2.25. The van der Waals surface area contributed by atoms with Gasteiger partial charge in [-0.2, -0.15) is 0 Å². The molecule has 0 radical (unpaired) electrons. The molecule has 0 unspecified atom stereocenters. The first-order valence-corrected chi connectivity index (χ1v) is 6.45. The quantitative estimate of drug-likeness (QED) is 0.888. The minimum Gasteiger partial charge on any atom is -0.343 e. The first-order valence-electron chi connectivity index (χ1n) is 6.45. The van der Waals surface area contributed by atoms with Crippen molar-refractivity contribution >= 4 is 5.91 Å². The van der Waals surface area contributed by atoms with Crippen molar-refractivity contribution in [3.8, 4) is 0 Å². The van der Waals surface area contributed by atoms with Crippen LogP contribution in [0.2, 0.25) is 0 Å². The maximum atomic E-state index is 11.9. The number of aryl methyl sites for hydroxylation is 1. The van der Waals surface area contributed by atoms with Crippen LogP contribution in [-0.4, -0.2) is 25.7 Å². The summed E-state index contributed by atoms with van der Waals surface area (Å²) in [6, 6.07) is 5.27. The van der Waals surface area contributed by atoms with Crippen molar-refractivity contribution in [1.29, 1.82) is 0 Å². The van der Waals surface area contributed by atoms with Crippen LogP contribution in [0.5, 0.6) is 0 Å². The zero-order valence-corrected chi connectivity index (χ0v) is 10.5. The normalized spacial score (nSPS) is 13.9. The molecule has 0 saturated carbocycles. The Morgan fingerprint density at radius 2 is 2.26 bits per heavy atom. The summed E-state index contributed by atoms with van der Waals surface area (Å²) >= 11 is 0. The second kappa shape index (κ2) is 5.17. The molecule has 0 atom stereocenters. The van der Waals surface area contributed by atoms with E-state index in [-0.39, 0.29) is 5.91 Å². The number of pyridine rings is 1. The standard InChI is InChI=1S/C13H15N5O/c19-13(10-5-1-3-7-14-10)15-9-12-17-16-11-6-2-4-8-18(11)12/h1,3,5,7H,2,4,6,8-9H2,(H,15,19). The molecule has 3 heterocycles. The van der Waals surface area contributed by atoms with Gasteiger partial charge in [0.2, 0.25) is 0 Å². The zero-order chi connectivity index (χ0) is 13.1. The lowest BCUT2D eigenvalue weighted by Gasteiger charge is -2.14. The number of amides is 1. The number of aromatic nitrogens is 4. The third-order valence-electron chi connectivity index (χ3n) is 3.24. The molecule has 3 rings (SSSR count).